The molecule has 1 aliphatic heterocycles. The predicted octanol–water partition coefficient (Wildman–Crippen LogP) is 1.55. The molecule has 8 nitrogen and oxygen atoms in total. The van der Waals surface area contributed by atoms with Crippen molar-refractivity contribution in [1.82, 2.24) is 16.0 Å². The normalized spacial score (nSPS) is 16.0. The molecule has 1 aromatic carbocycles. The van der Waals surface area contributed by atoms with Gasteiger partial charge in [0.05, 0.1) is 10.5 Å². The molecule has 0 fully saturated rings. The summed E-state index contributed by atoms with van der Waals surface area (Å²) in [5.41, 5.74) is 1.48. The number of carbonyl (C=O) groups excluding carboxylic acids is 1. The molecule has 1 aromatic rings. The molecule has 0 aromatic heterocycles. The van der Waals surface area contributed by atoms with E-state index < -0.39 is 10.8 Å². The van der Waals surface area contributed by atoms with Crippen LogP contribution in [0, 0.1) is 15.5 Å². The summed E-state index contributed by atoms with van der Waals surface area (Å²) in [6, 6.07) is 5.28. The van der Waals surface area contributed by atoms with Crippen LogP contribution in [-0.2, 0) is 0 Å². The number of amides is 1. The number of benzene rings is 1. The van der Waals surface area contributed by atoms with Gasteiger partial charge in [-0.2, -0.15) is 0 Å². The summed E-state index contributed by atoms with van der Waals surface area (Å²) in [6.45, 7) is 7.17. The van der Waals surface area contributed by atoms with Crippen molar-refractivity contribution < 1.29 is 9.72 Å². The SMILES string of the molecule is CCNC1=C(C(=N)NC(=O)c2ccc([N+](=O)[O-])cc2)CNC1(C)C. The van der Waals surface area contributed by atoms with E-state index in [9.17, 15) is 14.9 Å². The molecule has 1 aliphatic rings. The van der Waals surface area contributed by atoms with E-state index in [-0.39, 0.29) is 22.6 Å². The first-order valence-electron chi connectivity index (χ1n) is 7.63. The third-order valence-electron chi connectivity index (χ3n) is 3.87. The van der Waals surface area contributed by atoms with Gasteiger partial charge in [0.1, 0.15) is 5.84 Å². The first kappa shape index (κ1) is 17.6. The van der Waals surface area contributed by atoms with Crippen LogP contribution in [0.4, 0.5) is 5.69 Å². The summed E-state index contributed by atoms with van der Waals surface area (Å²) in [7, 11) is 0. The van der Waals surface area contributed by atoms with Gasteiger partial charge in [-0.05, 0) is 32.9 Å². The number of rotatable bonds is 5. The number of nitrogens with one attached hydrogen (secondary N) is 4. The standard InChI is InChI=1S/C16H21N5O3/c1-4-18-13-12(9-19-16(13,2)3)14(17)20-15(22)10-5-7-11(8-6-10)21(23)24/h5-8,18-19H,4,9H2,1-3H3,(H2,17,20,22). The molecule has 0 bridgehead atoms. The summed E-state index contributed by atoms with van der Waals surface area (Å²) < 4.78 is 0. The minimum Gasteiger partial charge on any atom is -0.387 e. The minimum absolute atomic E-state index is 0.0207. The maximum atomic E-state index is 12.2. The Balaban J connectivity index is 2.15. The smallest absolute Gasteiger partial charge is 0.269 e. The molecule has 0 atom stereocenters. The van der Waals surface area contributed by atoms with E-state index in [1.54, 1.807) is 0 Å². The lowest BCUT2D eigenvalue weighted by Crippen LogP contribution is -2.40. The van der Waals surface area contributed by atoms with Crippen LogP contribution in [0.3, 0.4) is 0 Å². The van der Waals surface area contributed by atoms with E-state index in [2.05, 4.69) is 16.0 Å². The van der Waals surface area contributed by atoms with Crippen LogP contribution in [0.15, 0.2) is 35.5 Å². The number of amidine groups is 1. The molecule has 0 saturated heterocycles. The van der Waals surface area contributed by atoms with Gasteiger partial charge < -0.3 is 16.0 Å². The van der Waals surface area contributed by atoms with Crippen molar-refractivity contribution in [3.63, 3.8) is 0 Å². The zero-order chi connectivity index (χ0) is 17.9. The lowest BCUT2D eigenvalue weighted by atomic mass is 10.0. The van der Waals surface area contributed by atoms with Gasteiger partial charge in [0.25, 0.3) is 11.6 Å². The molecule has 24 heavy (non-hydrogen) atoms. The fraction of sp³-hybridized carbons (Fsp3) is 0.375. The number of hydrogen-bond donors (Lipinski definition) is 4. The topological polar surface area (TPSA) is 120 Å². The second-order valence-electron chi connectivity index (χ2n) is 6.00. The Morgan fingerprint density at radius 3 is 2.54 bits per heavy atom. The Morgan fingerprint density at radius 1 is 1.38 bits per heavy atom. The number of nitro benzene ring substituents is 1. The molecule has 1 heterocycles. The van der Waals surface area contributed by atoms with Gasteiger partial charge in [-0.1, -0.05) is 0 Å². The largest absolute Gasteiger partial charge is 0.387 e. The Morgan fingerprint density at radius 2 is 2.00 bits per heavy atom. The van der Waals surface area contributed by atoms with Gasteiger partial charge in [-0.3, -0.25) is 20.3 Å². The van der Waals surface area contributed by atoms with Crippen LogP contribution in [0.5, 0.6) is 0 Å². The van der Waals surface area contributed by atoms with E-state index in [1.165, 1.54) is 24.3 Å². The van der Waals surface area contributed by atoms with Crippen molar-refractivity contribution in [3.8, 4) is 0 Å². The molecule has 2 rings (SSSR count). The molecule has 0 aliphatic carbocycles. The van der Waals surface area contributed by atoms with Crippen LogP contribution in [0.25, 0.3) is 0 Å². The first-order valence-corrected chi connectivity index (χ1v) is 7.63. The molecule has 8 heteroatoms. The highest BCUT2D eigenvalue weighted by Gasteiger charge is 2.33. The van der Waals surface area contributed by atoms with Gasteiger partial charge in [0, 0.05) is 42.1 Å². The molecular weight excluding hydrogens is 310 g/mol. The van der Waals surface area contributed by atoms with E-state index in [0.29, 0.717) is 18.7 Å². The van der Waals surface area contributed by atoms with E-state index in [0.717, 1.165) is 5.70 Å². The third-order valence-corrected chi connectivity index (χ3v) is 3.87. The average molecular weight is 331 g/mol. The van der Waals surface area contributed by atoms with Gasteiger partial charge in [-0.25, -0.2) is 0 Å². The van der Waals surface area contributed by atoms with E-state index in [1.807, 2.05) is 20.8 Å². The lowest BCUT2D eigenvalue weighted by molar-refractivity contribution is -0.384. The predicted molar refractivity (Wildman–Crippen MR) is 91.1 cm³/mol. The first-order chi connectivity index (χ1) is 11.3. The summed E-state index contributed by atoms with van der Waals surface area (Å²) in [6.07, 6.45) is 0. The van der Waals surface area contributed by atoms with Gasteiger partial charge in [0.15, 0.2) is 0 Å². The third kappa shape index (κ3) is 3.60. The second-order valence-corrected chi connectivity index (χ2v) is 6.00. The fourth-order valence-corrected chi connectivity index (χ4v) is 2.58. The van der Waals surface area contributed by atoms with Crippen molar-refractivity contribution in [2.24, 2.45) is 0 Å². The molecule has 1 amide bonds. The van der Waals surface area contributed by atoms with Crippen LogP contribution >= 0.6 is 0 Å². The van der Waals surface area contributed by atoms with Crippen LogP contribution < -0.4 is 16.0 Å². The van der Waals surface area contributed by atoms with E-state index >= 15 is 0 Å². The van der Waals surface area contributed by atoms with Crippen LogP contribution in [-0.4, -0.2) is 35.3 Å². The number of likely N-dealkylation sites (N-methyl/N-ethyl adjacent to an activating group) is 1. The zero-order valence-electron chi connectivity index (χ0n) is 13.9. The highest BCUT2D eigenvalue weighted by molar-refractivity contribution is 6.12. The highest BCUT2D eigenvalue weighted by Crippen LogP contribution is 2.23. The van der Waals surface area contributed by atoms with Gasteiger partial charge >= 0.3 is 0 Å². The van der Waals surface area contributed by atoms with Crippen molar-refractivity contribution in [2.75, 3.05) is 13.1 Å². The number of carbonyl (C=O) groups is 1. The maximum Gasteiger partial charge on any atom is 0.269 e. The molecule has 0 unspecified atom stereocenters. The Labute approximate surface area is 140 Å². The Kier molecular flexibility index (Phi) is 4.99. The minimum atomic E-state index is -0.524. The summed E-state index contributed by atoms with van der Waals surface area (Å²) in [4.78, 5) is 22.4. The van der Waals surface area contributed by atoms with Gasteiger partial charge in [-0.15, -0.1) is 0 Å². The second kappa shape index (κ2) is 6.79. The summed E-state index contributed by atoms with van der Waals surface area (Å²) in [5, 5.41) is 27.9. The number of nitrogens with zero attached hydrogens (tertiary/aromatic N) is 1. The van der Waals surface area contributed by atoms with Crippen LogP contribution in [0.1, 0.15) is 31.1 Å². The molecule has 128 valence electrons. The summed E-state index contributed by atoms with van der Waals surface area (Å²) in [5.74, 6) is -0.449. The maximum absolute atomic E-state index is 12.2. The van der Waals surface area contributed by atoms with Crippen molar-refractivity contribution in [1.29, 1.82) is 5.41 Å². The highest BCUT2D eigenvalue weighted by atomic mass is 16.6. The number of nitro groups is 1. The Bertz CT molecular complexity index is 707. The van der Waals surface area contributed by atoms with Crippen molar-refractivity contribution in [2.45, 2.75) is 26.3 Å². The van der Waals surface area contributed by atoms with Crippen molar-refractivity contribution >= 4 is 17.4 Å². The van der Waals surface area contributed by atoms with Crippen LogP contribution in [0.2, 0.25) is 0 Å². The average Bonchev–Trinajstić information content (AvgIpc) is 2.83. The number of hydrogen-bond acceptors (Lipinski definition) is 6. The molecule has 0 radical (unpaired) electrons. The van der Waals surface area contributed by atoms with Crippen molar-refractivity contribution in [3.05, 3.63) is 51.2 Å². The molecule has 0 saturated carbocycles. The molecule has 0 spiro atoms. The molecular formula is C16H21N5O3. The quantitative estimate of drug-likeness (QED) is 0.282. The van der Waals surface area contributed by atoms with E-state index in [4.69, 9.17) is 5.41 Å². The van der Waals surface area contributed by atoms with Gasteiger partial charge in [0.2, 0.25) is 0 Å². The lowest BCUT2D eigenvalue weighted by Gasteiger charge is -2.24. The summed E-state index contributed by atoms with van der Waals surface area (Å²) >= 11 is 0. The molecule has 4 N–H and O–H groups in total. The monoisotopic (exact) mass is 331 g/mol. The fourth-order valence-electron chi connectivity index (χ4n) is 2.58. The number of non-ortho nitro benzene ring substituents is 1. The Hall–Kier alpha value is -2.74. The zero-order valence-corrected chi connectivity index (χ0v) is 13.9.